The highest BCUT2D eigenvalue weighted by atomic mass is 35.5. The Morgan fingerprint density at radius 2 is 2.30 bits per heavy atom. The second kappa shape index (κ2) is 6.96. The van der Waals surface area contributed by atoms with E-state index in [4.69, 9.17) is 20.8 Å². The monoisotopic (exact) mass is 334 g/mol. The summed E-state index contributed by atoms with van der Waals surface area (Å²) in [6.07, 6.45) is 1.04. The highest BCUT2D eigenvalue weighted by Crippen LogP contribution is 2.26. The summed E-state index contributed by atoms with van der Waals surface area (Å²) in [7, 11) is 1.67. The lowest BCUT2D eigenvalue weighted by Gasteiger charge is -2.19. The molecule has 23 heavy (non-hydrogen) atoms. The molecule has 0 unspecified atom stereocenters. The van der Waals surface area contributed by atoms with E-state index in [2.05, 4.69) is 16.3 Å². The Kier molecular flexibility index (Phi) is 4.76. The zero-order valence-corrected chi connectivity index (χ0v) is 13.7. The molecule has 3 rings (SSSR count). The minimum atomic E-state index is -0.225. The maximum atomic E-state index is 12.0. The Hall–Kier alpha value is -2.14. The molecule has 1 fully saturated rings. The Bertz CT molecular complexity index is 686. The van der Waals surface area contributed by atoms with Crippen molar-refractivity contribution in [3.05, 3.63) is 47.4 Å². The van der Waals surface area contributed by atoms with Gasteiger partial charge in [0.15, 0.2) is 11.0 Å². The molecule has 122 valence electrons. The Labute approximate surface area is 140 Å². The van der Waals surface area contributed by atoms with Gasteiger partial charge in [0.05, 0.1) is 7.11 Å². The van der Waals surface area contributed by atoms with Crippen LogP contribution in [0.15, 0.2) is 40.8 Å². The zero-order valence-electron chi connectivity index (χ0n) is 12.9. The standard InChI is InChI=1S/C17H19ClN2O3/c1-22-14-4-2-3-13(9-14)20-8-7-12(11-20)10-19-17(21)15-5-6-16(18)23-15/h2-6,9,12H,7-8,10-11H2,1H3,(H,19,21)/t12-/m0/s1. The molecular weight excluding hydrogens is 316 g/mol. The van der Waals surface area contributed by atoms with Crippen LogP contribution in [0.1, 0.15) is 17.0 Å². The first-order chi connectivity index (χ1) is 11.2. The maximum Gasteiger partial charge on any atom is 0.287 e. The van der Waals surface area contributed by atoms with Gasteiger partial charge in [-0.05, 0) is 48.2 Å². The summed E-state index contributed by atoms with van der Waals surface area (Å²) in [6, 6.07) is 11.2. The van der Waals surface area contributed by atoms with Crippen LogP contribution in [-0.4, -0.2) is 32.7 Å². The first-order valence-corrected chi connectivity index (χ1v) is 7.96. The molecule has 1 aromatic carbocycles. The molecule has 0 aliphatic carbocycles. The fraction of sp³-hybridized carbons (Fsp3) is 0.353. The molecule has 1 aliphatic heterocycles. The molecule has 1 saturated heterocycles. The number of carbonyl (C=O) groups excluding carboxylic acids is 1. The lowest BCUT2D eigenvalue weighted by atomic mass is 10.1. The number of halogens is 1. The van der Waals surface area contributed by atoms with Crippen molar-refractivity contribution in [2.24, 2.45) is 5.92 Å². The van der Waals surface area contributed by atoms with Gasteiger partial charge in [0, 0.05) is 31.4 Å². The maximum absolute atomic E-state index is 12.0. The van der Waals surface area contributed by atoms with Gasteiger partial charge in [0.1, 0.15) is 5.75 Å². The second-order valence-electron chi connectivity index (χ2n) is 5.62. The average molecular weight is 335 g/mol. The topological polar surface area (TPSA) is 54.7 Å². The number of hydrogen-bond donors (Lipinski definition) is 1. The van der Waals surface area contributed by atoms with Crippen LogP contribution in [0.2, 0.25) is 5.22 Å². The molecule has 1 amide bonds. The van der Waals surface area contributed by atoms with Crippen LogP contribution in [0, 0.1) is 5.92 Å². The van der Waals surface area contributed by atoms with Crippen molar-refractivity contribution < 1.29 is 13.9 Å². The third kappa shape index (κ3) is 3.79. The summed E-state index contributed by atoms with van der Waals surface area (Å²) in [5, 5.41) is 3.13. The van der Waals surface area contributed by atoms with Gasteiger partial charge in [-0.3, -0.25) is 4.79 Å². The van der Waals surface area contributed by atoms with E-state index in [9.17, 15) is 4.79 Å². The number of furan rings is 1. The predicted molar refractivity (Wildman–Crippen MR) is 89.4 cm³/mol. The van der Waals surface area contributed by atoms with Gasteiger partial charge < -0.3 is 19.4 Å². The van der Waals surface area contributed by atoms with Crippen molar-refractivity contribution in [3.8, 4) is 5.75 Å². The number of ether oxygens (including phenoxy) is 1. The summed E-state index contributed by atoms with van der Waals surface area (Å²) < 4.78 is 10.4. The minimum Gasteiger partial charge on any atom is -0.497 e. The van der Waals surface area contributed by atoms with Crippen LogP contribution in [0.25, 0.3) is 0 Å². The van der Waals surface area contributed by atoms with E-state index < -0.39 is 0 Å². The van der Waals surface area contributed by atoms with Gasteiger partial charge >= 0.3 is 0 Å². The van der Waals surface area contributed by atoms with Gasteiger partial charge in [0.25, 0.3) is 5.91 Å². The molecule has 1 aromatic heterocycles. The molecule has 0 saturated carbocycles. The van der Waals surface area contributed by atoms with E-state index in [1.54, 1.807) is 19.2 Å². The average Bonchev–Trinajstić information content (AvgIpc) is 3.22. The summed E-state index contributed by atoms with van der Waals surface area (Å²) in [4.78, 5) is 14.3. The first-order valence-electron chi connectivity index (χ1n) is 7.58. The van der Waals surface area contributed by atoms with E-state index >= 15 is 0 Å². The third-order valence-electron chi connectivity index (χ3n) is 4.05. The molecule has 0 bridgehead atoms. The number of amides is 1. The van der Waals surface area contributed by atoms with Gasteiger partial charge in [-0.1, -0.05) is 6.07 Å². The first kappa shape index (κ1) is 15.7. The number of hydrogen-bond acceptors (Lipinski definition) is 4. The highest BCUT2D eigenvalue weighted by Gasteiger charge is 2.24. The van der Waals surface area contributed by atoms with Crippen LogP contribution >= 0.6 is 11.6 Å². The summed E-state index contributed by atoms with van der Waals surface area (Å²) in [5.74, 6) is 1.29. The Morgan fingerprint density at radius 1 is 1.43 bits per heavy atom. The molecule has 1 aliphatic rings. The second-order valence-corrected chi connectivity index (χ2v) is 5.99. The van der Waals surface area contributed by atoms with Crippen LogP contribution in [0.5, 0.6) is 5.75 Å². The predicted octanol–water partition coefficient (Wildman–Crippen LogP) is 3.20. The molecular formula is C17H19ClN2O3. The van der Waals surface area contributed by atoms with Crippen molar-refractivity contribution in [3.63, 3.8) is 0 Å². The quantitative estimate of drug-likeness (QED) is 0.912. The SMILES string of the molecule is COc1cccc(N2CC[C@@H](CNC(=O)c3ccc(Cl)o3)C2)c1. The van der Waals surface area contributed by atoms with E-state index in [0.717, 1.165) is 30.9 Å². The molecule has 0 spiro atoms. The zero-order chi connectivity index (χ0) is 16.2. The van der Waals surface area contributed by atoms with E-state index in [1.165, 1.54) is 0 Å². The number of anilines is 1. The smallest absolute Gasteiger partial charge is 0.287 e. The van der Waals surface area contributed by atoms with Gasteiger partial charge in [-0.25, -0.2) is 0 Å². The normalized spacial score (nSPS) is 17.3. The number of benzene rings is 1. The number of methoxy groups -OCH3 is 1. The lowest BCUT2D eigenvalue weighted by molar-refractivity contribution is 0.0920. The van der Waals surface area contributed by atoms with Crippen molar-refractivity contribution in [1.82, 2.24) is 5.32 Å². The third-order valence-corrected chi connectivity index (χ3v) is 4.26. The highest BCUT2D eigenvalue weighted by molar-refractivity contribution is 6.29. The van der Waals surface area contributed by atoms with Crippen molar-refractivity contribution in [1.29, 1.82) is 0 Å². The van der Waals surface area contributed by atoms with E-state index in [0.29, 0.717) is 12.5 Å². The number of carbonyl (C=O) groups is 1. The molecule has 5 nitrogen and oxygen atoms in total. The number of nitrogens with zero attached hydrogens (tertiary/aromatic N) is 1. The number of nitrogens with one attached hydrogen (secondary N) is 1. The Balaban J connectivity index is 1.52. The van der Waals surface area contributed by atoms with Crippen molar-refractivity contribution in [2.45, 2.75) is 6.42 Å². The molecule has 2 heterocycles. The molecule has 6 heteroatoms. The Morgan fingerprint density at radius 3 is 3.04 bits per heavy atom. The fourth-order valence-electron chi connectivity index (χ4n) is 2.80. The van der Waals surface area contributed by atoms with Crippen LogP contribution in [-0.2, 0) is 0 Å². The van der Waals surface area contributed by atoms with Crippen LogP contribution < -0.4 is 15.0 Å². The summed E-state index contributed by atoms with van der Waals surface area (Å²) >= 11 is 5.68. The number of rotatable bonds is 5. The lowest BCUT2D eigenvalue weighted by Crippen LogP contribution is -2.30. The van der Waals surface area contributed by atoms with Gasteiger partial charge in [-0.2, -0.15) is 0 Å². The molecule has 1 atom stereocenters. The van der Waals surface area contributed by atoms with Crippen molar-refractivity contribution in [2.75, 3.05) is 31.6 Å². The molecule has 0 radical (unpaired) electrons. The fourth-order valence-corrected chi connectivity index (χ4v) is 2.95. The summed E-state index contributed by atoms with van der Waals surface area (Å²) in [6.45, 7) is 2.50. The van der Waals surface area contributed by atoms with Crippen molar-refractivity contribution >= 4 is 23.2 Å². The van der Waals surface area contributed by atoms with E-state index in [-0.39, 0.29) is 16.9 Å². The molecule has 2 aromatic rings. The van der Waals surface area contributed by atoms with Crippen LogP contribution in [0.3, 0.4) is 0 Å². The van der Waals surface area contributed by atoms with Gasteiger partial charge in [-0.15, -0.1) is 0 Å². The minimum absolute atomic E-state index is 0.222. The largest absolute Gasteiger partial charge is 0.497 e. The summed E-state index contributed by atoms with van der Waals surface area (Å²) in [5.41, 5.74) is 1.15. The molecule has 1 N–H and O–H groups in total. The van der Waals surface area contributed by atoms with E-state index in [1.807, 2.05) is 18.2 Å². The van der Waals surface area contributed by atoms with Gasteiger partial charge in [0.2, 0.25) is 0 Å². The van der Waals surface area contributed by atoms with Crippen LogP contribution in [0.4, 0.5) is 5.69 Å².